The Morgan fingerprint density at radius 3 is 2.19 bits per heavy atom. The van der Waals surface area contributed by atoms with E-state index in [1.807, 2.05) is 0 Å². The molecule has 1 nitrogen and oxygen atoms in total. The molecule has 0 saturated carbocycles. The quantitative estimate of drug-likeness (QED) is 0.727. The first-order valence-corrected chi connectivity index (χ1v) is 5.86. The lowest BCUT2D eigenvalue weighted by Crippen LogP contribution is -2.25. The van der Waals surface area contributed by atoms with Crippen molar-refractivity contribution in [2.45, 2.75) is 32.2 Å². The summed E-state index contributed by atoms with van der Waals surface area (Å²) in [5, 5.41) is 0. The molecule has 0 aliphatic carbocycles. The van der Waals surface area contributed by atoms with E-state index in [-0.39, 0.29) is 5.54 Å². The van der Waals surface area contributed by atoms with E-state index in [1.165, 1.54) is 5.56 Å². The molecule has 0 aliphatic heterocycles. The van der Waals surface area contributed by atoms with Crippen molar-refractivity contribution < 1.29 is 0 Å². The zero-order valence-corrected chi connectivity index (χ0v) is 10.1. The number of hydrogen-bond acceptors (Lipinski definition) is 0. The smallest absolute Gasteiger partial charge is 0.0386 e. The van der Waals surface area contributed by atoms with Crippen LogP contribution in [0.5, 0.6) is 0 Å². The van der Waals surface area contributed by atoms with Gasteiger partial charge in [0.15, 0.2) is 0 Å². The Morgan fingerprint density at radius 2 is 1.56 bits per heavy atom. The third-order valence-corrected chi connectivity index (χ3v) is 3.17. The largest absolute Gasteiger partial charge is 0.349 e. The Balaban J connectivity index is 2.00. The van der Waals surface area contributed by atoms with Crippen LogP contribution in [0.2, 0.25) is 0 Å². The summed E-state index contributed by atoms with van der Waals surface area (Å²) < 4.78 is 2.29. The number of nitrogens with zero attached hydrogens (tertiary/aromatic N) is 1. The van der Waals surface area contributed by atoms with Crippen LogP contribution in [0.15, 0.2) is 54.9 Å². The first-order valence-electron chi connectivity index (χ1n) is 5.86. The summed E-state index contributed by atoms with van der Waals surface area (Å²) in [6.45, 7) is 4.58. The molecule has 1 heterocycles. The maximum atomic E-state index is 2.29. The van der Waals surface area contributed by atoms with Crippen molar-refractivity contribution in [1.29, 1.82) is 0 Å². The number of benzene rings is 1. The third-order valence-electron chi connectivity index (χ3n) is 3.17. The van der Waals surface area contributed by atoms with Crippen LogP contribution >= 0.6 is 0 Å². The summed E-state index contributed by atoms with van der Waals surface area (Å²) in [4.78, 5) is 0. The highest BCUT2D eigenvalue weighted by molar-refractivity contribution is 5.15. The second-order valence-electron chi connectivity index (χ2n) is 4.89. The van der Waals surface area contributed by atoms with Gasteiger partial charge in [0.05, 0.1) is 0 Å². The van der Waals surface area contributed by atoms with E-state index >= 15 is 0 Å². The molecule has 0 fully saturated rings. The topological polar surface area (TPSA) is 4.93 Å². The van der Waals surface area contributed by atoms with Gasteiger partial charge < -0.3 is 4.57 Å². The Morgan fingerprint density at radius 1 is 0.938 bits per heavy atom. The van der Waals surface area contributed by atoms with Crippen molar-refractivity contribution in [3.63, 3.8) is 0 Å². The number of hydrogen-bond donors (Lipinski definition) is 0. The van der Waals surface area contributed by atoms with Crippen molar-refractivity contribution in [3.05, 3.63) is 60.4 Å². The first kappa shape index (κ1) is 11.0. The summed E-state index contributed by atoms with van der Waals surface area (Å²) >= 11 is 0. The van der Waals surface area contributed by atoms with Crippen LogP contribution in [-0.4, -0.2) is 4.57 Å². The van der Waals surface area contributed by atoms with Gasteiger partial charge in [0.1, 0.15) is 0 Å². The monoisotopic (exact) mass is 213 g/mol. The molecule has 84 valence electrons. The minimum absolute atomic E-state index is 0.194. The fourth-order valence-corrected chi connectivity index (χ4v) is 1.96. The van der Waals surface area contributed by atoms with Gasteiger partial charge in [-0.2, -0.15) is 0 Å². The normalized spacial score (nSPS) is 11.6. The molecule has 1 aromatic carbocycles. The molecule has 1 aromatic heterocycles. The van der Waals surface area contributed by atoms with E-state index in [9.17, 15) is 0 Å². The maximum absolute atomic E-state index is 2.29. The predicted octanol–water partition coefficient (Wildman–Crippen LogP) is 3.86. The SMILES string of the molecule is CC(C)(CCc1ccccc1)n1cccc1. The number of aryl methyl sites for hydroxylation is 1. The molecule has 0 radical (unpaired) electrons. The van der Waals surface area contributed by atoms with Gasteiger partial charge in [0.25, 0.3) is 0 Å². The highest BCUT2D eigenvalue weighted by Crippen LogP contribution is 2.22. The summed E-state index contributed by atoms with van der Waals surface area (Å²) in [7, 11) is 0. The van der Waals surface area contributed by atoms with Gasteiger partial charge in [-0.05, 0) is 44.4 Å². The lowest BCUT2D eigenvalue weighted by molar-refractivity contribution is 0.329. The lowest BCUT2D eigenvalue weighted by Gasteiger charge is -2.27. The lowest BCUT2D eigenvalue weighted by atomic mass is 9.95. The van der Waals surface area contributed by atoms with Gasteiger partial charge in [-0.15, -0.1) is 0 Å². The number of rotatable bonds is 4. The van der Waals surface area contributed by atoms with Crippen molar-refractivity contribution in [3.8, 4) is 0 Å². The second kappa shape index (κ2) is 4.56. The molecule has 0 unspecified atom stereocenters. The zero-order valence-electron chi connectivity index (χ0n) is 10.1. The van der Waals surface area contributed by atoms with Gasteiger partial charge in [-0.1, -0.05) is 30.3 Å². The van der Waals surface area contributed by atoms with Crippen LogP contribution < -0.4 is 0 Å². The molecule has 0 amide bonds. The van der Waals surface area contributed by atoms with Gasteiger partial charge in [-0.25, -0.2) is 0 Å². The van der Waals surface area contributed by atoms with Gasteiger partial charge in [0, 0.05) is 17.9 Å². The van der Waals surface area contributed by atoms with E-state index in [1.54, 1.807) is 0 Å². The van der Waals surface area contributed by atoms with E-state index in [2.05, 4.69) is 73.3 Å². The summed E-state index contributed by atoms with van der Waals surface area (Å²) in [5.41, 5.74) is 1.61. The predicted molar refractivity (Wildman–Crippen MR) is 68.5 cm³/mol. The van der Waals surface area contributed by atoms with Gasteiger partial charge in [0.2, 0.25) is 0 Å². The minimum Gasteiger partial charge on any atom is -0.349 e. The summed E-state index contributed by atoms with van der Waals surface area (Å²) in [5.74, 6) is 0. The van der Waals surface area contributed by atoms with E-state index < -0.39 is 0 Å². The average molecular weight is 213 g/mol. The fraction of sp³-hybridized carbons (Fsp3) is 0.333. The van der Waals surface area contributed by atoms with E-state index in [0.29, 0.717) is 0 Å². The molecule has 0 atom stereocenters. The van der Waals surface area contributed by atoms with Crippen molar-refractivity contribution >= 4 is 0 Å². The minimum atomic E-state index is 0.194. The number of aromatic nitrogens is 1. The van der Waals surface area contributed by atoms with Crippen LogP contribution in [0.4, 0.5) is 0 Å². The van der Waals surface area contributed by atoms with Gasteiger partial charge in [-0.3, -0.25) is 0 Å². The summed E-state index contributed by atoms with van der Waals surface area (Å²) in [6.07, 6.45) is 6.58. The van der Waals surface area contributed by atoms with Crippen LogP contribution in [0.1, 0.15) is 25.8 Å². The average Bonchev–Trinajstić information content (AvgIpc) is 2.82. The van der Waals surface area contributed by atoms with Crippen LogP contribution in [0.3, 0.4) is 0 Å². The second-order valence-corrected chi connectivity index (χ2v) is 4.89. The Labute approximate surface area is 97.7 Å². The first-order chi connectivity index (χ1) is 7.68. The van der Waals surface area contributed by atoms with Crippen molar-refractivity contribution in [2.75, 3.05) is 0 Å². The highest BCUT2D eigenvalue weighted by Gasteiger charge is 2.18. The zero-order chi connectivity index (χ0) is 11.4. The third kappa shape index (κ3) is 2.54. The molecular weight excluding hydrogens is 194 g/mol. The Kier molecular flexibility index (Phi) is 3.14. The van der Waals surface area contributed by atoms with E-state index in [4.69, 9.17) is 0 Å². The molecule has 2 rings (SSSR count). The van der Waals surface area contributed by atoms with Crippen LogP contribution in [0, 0.1) is 0 Å². The Bertz CT molecular complexity index is 412. The molecule has 0 N–H and O–H groups in total. The standard InChI is InChI=1S/C15H19N/c1-15(2,16-12-6-7-13-16)11-10-14-8-4-3-5-9-14/h3-9,12-13H,10-11H2,1-2H3. The maximum Gasteiger partial charge on any atom is 0.0386 e. The van der Waals surface area contributed by atoms with Crippen molar-refractivity contribution in [1.82, 2.24) is 4.57 Å². The molecule has 16 heavy (non-hydrogen) atoms. The summed E-state index contributed by atoms with van der Waals surface area (Å²) in [6, 6.07) is 14.9. The molecule has 1 heteroatoms. The molecule has 2 aromatic rings. The van der Waals surface area contributed by atoms with Crippen LogP contribution in [0.25, 0.3) is 0 Å². The van der Waals surface area contributed by atoms with Crippen LogP contribution in [-0.2, 0) is 12.0 Å². The molecule has 0 bridgehead atoms. The Hall–Kier alpha value is -1.50. The highest BCUT2D eigenvalue weighted by atomic mass is 15.0. The molecule has 0 saturated heterocycles. The fourth-order valence-electron chi connectivity index (χ4n) is 1.96. The molecular formula is C15H19N. The van der Waals surface area contributed by atoms with Crippen molar-refractivity contribution in [2.24, 2.45) is 0 Å². The van der Waals surface area contributed by atoms with Gasteiger partial charge >= 0.3 is 0 Å². The molecule has 0 spiro atoms. The van der Waals surface area contributed by atoms with E-state index in [0.717, 1.165) is 12.8 Å². The molecule has 0 aliphatic rings.